The minimum atomic E-state index is -0.224. The van der Waals surface area contributed by atoms with Crippen molar-refractivity contribution in [2.45, 2.75) is 0 Å². The predicted octanol–water partition coefficient (Wildman–Crippen LogP) is 5.16. The van der Waals surface area contributed by atoms with Crippen LogP contribution in [0.15, 0.2) is 82.8 Å². The topological polar surface area (TPSA) is 106 Å². The van der Waals surface area contributed by atoms with Crippen LogP contribution in [0.1, 0.15) is 11.1 Å². The zero-order valence-corrected chi connectivity index (χ0v) is 15.8. The highest BCUT2D eigenvalue weighted by atomic mass is 16.3. The second-order valence-electron chi connectivity index (χ2n) is 6.60. The van der Waals surface area contributed by atoms with Gasteiger partial charge < -0.3 is 20.4 Å². The SMILES string of the molecule is Oc1cccc(C=Nc2cccc3c(N=Cc4cccc(O)c4O)cccc23)c1O. The van der Waals surface area contributed by atoms with E-state index in [-0.39, 0.29) is 23.0 Å². The first-order valence-corrected chi connectivity index (χ1v) is 9.16. The molecule has 4 aromatic rings. The molecule has 0 radical (unpaired) electrons. The second-order valence-corrected chi connectivity index (χ2v) is 6.60. The summed E-state index contributed by atoms with van der Waals surface area (Å²) in [5.41, 5.74) is 2.15. The Morgan fingerprint density at radius 2 is 0.900 bits per heavy atom. The number of fused-ring (bicyclic) bond motifs is 1. The van der Waals surface area contributed by atoms with E-state index in [2.05, 4.69) is 9.98 Å². The van der Waals surface area contributed by atoms with Crippen LogP contribution in [0.5, 0.6) is 23.0 Å². The molecule has 0 atom stereocenters. The fourth-order valence-corrected chi connectivity index (χ4v) is 3.09. The van der Waals surface area contributed by atoms with E-state index in [0.717, 1.165) is 10.8 Å². The molecule has 0 bridgehead atoms. The summed E-state index contributed by atoms with van der Waals surface area (Å²) < 4.78 is 0. The molecule has 148 valence electrons. The Kier molecular flexibility index (Phi) is 5.05. The summed E-state index contributed by atoms with van der Waals surface area (Å²) in [7, 11) is 0. The summed E-state index contributed by atoms with van der Waals surface area (Å²) in [5, 5.41) is 40.9. The number of phenols is 4. The van der Waals surface area contributed by atoms with E-state index in [1.54, 1.807) is 24.3 Å². The maximum atomic E-state index is 9.95. The van der Waals surface area contributed by atoms with Gasteiger partial charge in [-0.1, -0.05) is 36.4 Å². The Hall–Kier alpha value is -4.32. The van der Waals surface area contributed by atoms with Gasteiger partial charge in [0.05, 0.1) is 11.4 Å². The van der Waals surface area contributed by atoms with Crippen LogP contribution in [-0.4, -0.2) is 32.9 Å². The minimum absolute atomic E-state index is 0.205. The third-order valence-electron chi connectivity index (χ3n) is 4.65. The van der Waals surface area contributed by atoms with Crippen LogP contribution in [0, 0.1) is 0 Å². The highest BCUT2D eigenvalue weighted by molar-refractivity contribution is 6.02. The first kappa shape index (κ1) is 19.0. The number of phenolic OH excluding ortho intramolecular Hbond substituents is 4. The van der Waals surface area contributed by atoms with Gasteiger partial charge in [-0.15, -0.1) is 0 Å². The lowest BCUT2D eigenvalue weighted by Crippen LogP contribution is -1.84. The molecule has 0 aromatic heterocycles. The summed E-state index contributed by atoms with van der Waals surface area (Å²) in [4.78, 5) is 8.94. The number of hydrogen-bond donors (Lipinski definition) is 4. The molecular weight excluding hydrogens is 380 g/mol. The monoisotopic (exact) mass is 398 g/mol. The first-order valence-electron chi connectivity index (χ1n) is 9.16. The standard InChI is InChI=1S/C24H18N2O4/c27-21-11-1-5-15(23(21)29)13-25-19-9-3-8-18-17(19)7-4-10-20(18)26-14-16-6-2-12-22(28)24(16)30/h1-14,27-30H. The zero-order valence-electron chi connectivity index (χ0n) is 15.8. The number of hydrogen-bond acceptors (Lipinski definition) is 6. The third kappa shape index (κ3) is 3.66. The van der Waals surface area contributed by atoms with E-state index in [9.17, 15) is 20.4 Å². The van der Waals surface area contributed by atoms with Crippen molar-refractivity contribution in [2.75, 3.05) is 0 Å². The number of aliphatic imine (C=N–C) groups is 2. The van der Waals surface area contributed by atoms with E-state index >= 15 is 0 Å². The first-order chi connectivity index (χ1) is 14.5. The van der Waals surface area contributed by atoms with Crippen molar-refractivity contribution in [3.05, 3.63) is 83.9 Å². The average Bonchev–Trinajstić information content (AvgIpc) is 2.76. The Bertz CT molecular complexity index is 1200. The molecule has 0 aliphatic heterocycles. The van der Waals surface area contributed by atoms with E-state index in [1.165, 1.54) is 24.6 Å². The van der Waals surface area contributed by atoms with Crippen LogP contribution in [0.25, 0.3) is 10.8 Å². The van der Waals surface area contributed by atoms with Gasteiger partial charge in [0.25, 0.3) is 0 Å². The van der Waals surface area contributed by atoms with Gasteiger partial charge in [0, 0.05) is 34.3 Å². The molecule has 0 fully saturated rings. The normalized spacial score (nSPS) is 11.6. The van der Waals surface area contributed by atoms with Crippen molar-refractivity contribution < 1.29 is 20.4 Å². The van der Waals surface area contributed by atoms with Crippen LogP contribution < -0.4 is 0 Å². The molecular formula is C24H18N2O4. The van der Waals surface area contributed by atoms with E-state index in [0.29, 0.717) is 22.5 Å². The Morgan fingerprint density at radius 3 is 1.33 bits per heavy atom. The number of aromatic hydroxyl groups is 4. The highest BCUT2D eigenvalue weighted by Gasteiger charge is 2.07. The van der Waals surface area contributed by atoms with Gasteiger partial charge in [-0.3, -0.25) is 9.98 Å². The Labute approximate surface area is 172 Å². The molecule has 30 heavy (non-hydrogen) atoms. The highest BCUT2D eigenvalue weighted by Crippen LogP contribution is 2.34. The Balaban J connectivity index is 1.73. The molecule has 6 nitrogen and oxygen atoms in total. The van der Waals surface area contributed by atoms with Crippen molar-refractivity contribution in [2.24, 2.45) is 9.98 Å². The lowest BCUT2D eigenvalue weighted by atomic mass is 10.1. The smallest absolute Gasteiger partial charge is 0.166 e. The number of benzene rings is 4. The maximum Gasteiger partial charge on any atom is 0.166 e. The molecule has 6 heteroatoms. The van der Waals surface area contributed by atoms with Crippen molar-refractivity contribution >= 4 is 34.6 Å². The van der Waals surface area contributed by atoms with Gasteiger partial charge in [-0.05, 0) is 36.4 Å². The molecule has 0 amide bonds. The predicted molar refractivity (Wildman–Crippen MR) is 118 cm³/mol. The van der Waals surface area contributed by atoms with Crippen molar-refractivity contribution in [3.63, 3.8) is 0 Å². The van der Waals surface area contributed by atoms with Crippen LogP contribution in [0.3, 0.4) is 0 Å². The number of rotatable bonds is 4. The van der Waals surface area contributed by atoms with Crippen LogP contribution >= 0.6 is 0 Å². The van der Waals surface area contributed by atoms with Gasteiger partial charge in [0.15, 0.2) is 23.0 Å². The molecule has 4 rings (SSSR count). The molecule has 0 aliphatic carbocycles. The third-order valence-corrected chi connectivity index (χ3v) is 4.65. The Morgan fingerprint density at radius 1 is 0.500 bits per heavy atom. The summed E-state index contributed by atoms with van der Waals surface area (Å²) in [6.45, 7) is 0. The van der Waals surface area contributed by atoms with Crippen LogP contribution in [0.4, 0.5) is 11.4 Å². The molecule has 0 unspecified atom stereocenters. The molecule has 4 N–H and O–H groups in total. The summed E-state index contributed by atoms with van der Waals surface area (Å²) in [5.74, 6) is -0.859. The van der Waals surface area contributed by atoms with Gasteiger partial charge >= 0.3 is 0 Å². The molecule has 0 spiro atoms. The van der Waals surface area contributed by atoms with Gasteiger partial charge in [0.1, 0.15) is 0 Å². The average molecular weight is 398 g/mol. The van der Waals surface area contributed by atoms with E-state index < -0.39 is 0 Å². The number of para-hydroxylation sites is 2. The van der Waals surface area contributed by atoms with Crippen molar-refractivity contribution in [3.8, 4) is 23.0 Å². The maximum absolute atomic E-state index is 9.95. The largest absolute Gasteiger partial charge is 0.504 e. The molecule has 4 aromatic carbocycles. The van der Waals surface area contributed by atoms with Crippen LogP contribution in [-0.2, 0) is 0 Å². The van der Waals surface area contributed by atoms with Crippen molar-refractivity contribution in [1.29, 1.82) is 0 Å². The summed E-state index contributed by atoms with van der Waals surface area (Å²) >= 11 is 0. The summed E-state index contributed by atoms with van der Waals surface area (Å²) in [6, 6.07) is 20.6. The van der Waals surface area contributed by atoms with Gasteiger partial charge in [0.2, 0.25) is 0 Å². The summed E-state index contributed by atoms with van der Waals surface area (Å²) in [6.07, 6.45) is 2.98. The number of nitrogens with zero attached hydrogens (tertiary/aromatic N) is 2. The molecule has 0 aliphatic rings. The quantitative estimate of drug-likeness (QED) is 0.281. The van der Waals surface area contributed by atoms with E-state index in [4.69, 9.17) is 0 Å². The molecule has 0 heterocycles. The van der Waals surface area contributed by atoms with E-state index in [1.807, 2.05) is 36.4 Å². The van der Waals surface area contributed by atoms with Gasteiger partial charge in [-0.25, -0.2) is 0 Å². The molecule has 0 saturated carbocycles. The fourth-order valence-electron chi connectivity index (χ4n) is 3.09. The second kappa shape index (κ2) is 7.97. The lowest BCUT2D eigenvalue weighted by molar-refractivity contribution is 0.403. The molecule has 0 saturated heterocycles. The minimum Gasteiger partial charge on any atom is -0.504 e. The van der Waals surface area contributed by atoms with Crippen LogP contribution in [0.2, 0.25) is 0 Å². The van der Waals surface area contributed by atoms with Gasteiger partial charge in [-0.2, -0.15) is 0 Å². The lowest BCUT2D eigenvalue weighted by Gasteiger charge is -2.06. The zero-order chi connectivity index (χ0) is 21.1. The fraction of sp³-hybridized carbons (Fsp3) is 0. The van der Waals surface area contributed by atoms with Crippen molar-refractivity contribution in [1.82, 2.24) is 0 Å².